The van der Waals surface area contributed by atoms with Gasteiger partial charge in [-0.15, -0.1) is 0 Å². The lowest BCUT2D eigenvalue weighted by Crippen LogP contribution is -2.55. The smallest absolute Gasteiger partial charge is 0.410 e. The van der Waals surface area contributed by atoms with Crippen LogP contribution < -0.4 is 0 Å². The van der Waals surface area contributed by atoms with Gasteiger partial charge >= 0.3 is 6.09 Å². The van der Waals surface area contributed by atoms with Crippen molar-refractivity contribution in [1.29, 1.82) is 0 Å². The lowest BCUT2D eigenvalue weighted by Gasteiger charge is -2.41. The molecule has 0 saturated carbocycles. The molecular formula is C27H55N3O2. The SMILES string of the molecule is CCCCCCCCCN(CCCCCCCCC)N1CCN(C(=O)OC(C)(C)C)CC1. The molecule has 1 rings (SSSR count). The van der Waals surface area contributed by atoms with Crippen LogP contribution in [0, 0.1) is 0 Å². The van der Waals surface area contributed by atoms with Crippen LogP contribution in [0.4, 0.5) is 4.79 Å². The van der Waals surface area contributed by atoms with Gasteiger partial charge in [0.1, 0.15) is 5.60 Å². The van der Waals surface area contributed by atoms with Crippen LogP contribution in [-0.4, -0.2) is 65.9 Å². The Kier molecular flexibility index (Phi) is 16.1. The van der Waals surface area contributed by atoms with Crippen molar-refractivity contribution in [3.8, 4) is 0 Å². The van der Waals surface area contributed by atoms with Gasteiger partial charge in [-0.3, -0.25) is 0 Å². The number of ether oxygens (including phenoxy) is 1. The maximum atomic E-state index is 12.4. The number of carbonyl (C=O) groups excluding carboxylic acids is 1. The fraction of sp³-hybridized carbons (Fsp3) is 0.963. The Morgan fingerprint density at radius 3 is 1.50 bits per heavy atom. The fourth-order valence-electron chi connectivity index (χ4n) is 4.39. The van der Waals surface area contributed by atoms with Crippen molar-refractivity contribution in [2.75, 3.05) is 39.3 Å². The number of amides is 1. The first kappa shape index (κ1) is 29.2. The molecule has 0 N–H and O–H groups in total. The molecule has 0 atom stereocenters. The zero-order valence-electron chi connectivity index (χ0n) is 22.3. The molecule has 0 aromatic rings. The second-order valence-corrected chi connectivity index (χ2v) is 10.6. The monoisotopic (exact) mass is 453 g/mol. The molecule has 0 unspecified atom stereocenters. The van der Waals surface area contributed by atoms with E-state index in [0.717, 1.165) is 39.3 Å². The summed E-state index contributed by atoms with van der Waals surface area (Å²) in [7, 11) is 0. The van der Waals surface area contributed by atoms with Crippen molar-refractivity contribution in [2.45, 2.75) is 130 Å². The number of unbranched alkanes of at least 4 members (excludes halogenated alkanes) is 12. The number of piperazine rings is 1. The minimum atomic E-state index is -0.422. The van der Waals surface area contributed by atoms with Gasteiger partial charge in [-0.25, -0.2) is 14.8 Å². The lowest BCUT2D eigenvalue weighted by molar-refractivity contribution is -0.0626. The van der Waals surface area contributed by atoms with Gasteiger partial charge in [0.25, 0.3) is 0 Å². The molecular weight excluding hydrogens is 398 g/mol. The molecule has 0 bridgehead atoms. The molecule has 0 aromatic carbocycles. The summed E-state index contributed by atoms with van der Waals surface area (Å²) >= 11 is 0. The number of hydrogen-bond acceptors (Lipinski definition) is 4. The highest BCUT2D eigenvalue weighted by molar-refractivity contribution is 5.68. The summed E-state index contributed by atoms with van der Waals surface area (Å²) < 4.78 is 5.57. The standard InChI is InChI=1S/C27H55N3O2/c1-6-8-10-12-14-16-18-20-29(21-19-17-15-13-11-9-7-2)30-24-22-28(23-25-30)26(31)32-27(3,4)5/h6-25H2,1-5H3. The Balaban J connectivity index is 2.40. The van der Waals surface area contributed by atoms with Crippen LogP contribution in [0.5, 0.6) is 0 Å². The normalized spacial score (nSPS) is 15.5. The third kappa shape index (κ3) is 14.4. The van der Waals surface area contributed by atoms with E-state index in [1.54, 1.807) is 0 Å². The first-order valence-corrected chi connectivity index (χ1v) is 13.8. The molecule has 190 valence electrons. The highest BCUT2D eigenvalue weighted by Crippen LogP contribution is 2.15. The van der Waals surface area contributed by atoms with Crippen LogP contribution in [0.2, 0.25) is 0 Å². The van der Waals surface area contributed by atoms with E-state index in [0.29, 0.717) is 0 Å². The first-order chi connectivity index (χ1) is 15.4. The predicted molar refractivity (Wildman–Crippen MR) is 137 cm³/mol. The highest BCUT2D eigenvalue weighted by Gasteiger charge is 2.27. The Morgan fingerprint density at radius 2 is 1.09 bits per heavy atom. The van der Waals surface area contributed by atoms with Gasteiger partial charge in [-0.1, -0.05) is 90.9 Å². The number of carbonyl (C=O) groups is 1. The van der Waals surface area contributed by atoms with Gasteiger partial charge < -0.3 is 9.64 Å². The van der Waals surface area contributed by atoms with Crippen molar-refractivity contribution in [1.82, 2.24) is 14.9 Å². The third-order valence-electron chi connectivity index (χ3n) is 6.35. The maximum absolute atomic E-state index is 12.4. The summed E-state index contributed by atoms with van der Waals surface area (Å²) in [6.45, 7) is 16.1. The molecule has 32 heavy (non-hydrogen) atoms. The van der Waals surface area contributed by atoms with Gasteiger partial charge in [0.15, 0.2) is 0 Å². The van der Waals surface area contributed by atoms with Crippen molar-refractivity contribution < 1.29 is 9.53 Å². The van der Waals surface area contributed by atoms with Gasteiger partial charge in [0.05, 0.1) is 0 Å². The largest absolute Gasteiger partial charge is 0.444 e. The second kappa shape index (κ2) is 17.6. The zero-order chi connectivity index (χ0) is 23.7. The summed E-state index contributed by atoms with van der Waals surface area (Å²) in [5.41, 5.74) is -0.422. The Labute approximate surface area is 200 Å². The third-order valence-corrected chi connectivity index (χ3v) is 6.35. The molecule has 5 nitrogen and oxygen atoms in total. The summed E-state index contributed by atoms with van der Waals surface area (Å²) in [5.74, 6) is 0. The van der Waals surface area contributed by atoms with Crippen LogP contribution in [0.15, 0.2) is 0 Å². The molecule has 1 saturated heterocycles. The number of rotatable bonds is 17. The lowest BCUT2D eigenvalue weighted by atomic mass is 10.1. The van der Waals surface area contributed by atoms with Gasteiger partial charge in [-0.2, -0.15) is 0 Å². The minimum absolute atomic E-state index is 0.164. The molecule has 0 aliphatic carbocycles. The minimum Gasteiger partial charge on any atom is -0.444 e. The van der Waals surface area contributed by atoms with Gasteiger partial charge in [-0.05, 0) is 33.6 Å². The van der Waals surface area contributed by atoms with E-state index in [4.69, 9.17) is 4.74 Å². The molecule has 0 aromatic heterocycles. The maximum Gasteiger partial charge on any atom is 0.410 e. The van der Waals surface area contributed by atoms with Crippen LogP contribution >= 0.6 is 0 Å². The van der Waals surface area contributed by atoms with Crippen LogP contribution in [-0.2, 0) is 4.74 Å². The number of hydrazine groups is 1. The summed E-state index contributed by atoms with van der Waals surface area (Å²) in [6, 6.07) is 0. The van der Waals surface area contributed by atoms with Crippen LogP contribution in [0.25, 0.3) is 0 Å². The molecule has 1 aliphatic rings. The number of nitrogens with zero attached hydrogens (tertiary/aromatic N) is 3. The molecule has 1 heterocycles. The summed E-state index contributed by atoms with van der Waals surface area (Å²) in [6.07, 6.45) is 18.8. The van der Waals surface area contributed by atoms with E-state index >= 15 is 0 Å². The van der Waals surface area contributed by atoms with E-state index in [9.17, 15) is 4.79 Å². The van der Waals surface area contributed by atoms with Crippen molar-refractivity contribution in [2.24, 2.45) is 0 Å². The predicted octanol–water partition coefficient (Wildman–Crippen LogP) is 7.26. The zero-order valence-corrected chi connectivity index (χ0v) is 22.3. The van der Waals surface area contributed by atoms with Gasteiger partial charge in [0.2, 0.25) is 0 Å². The van der Waals surface area contributed by atoms with Gasteiger partial charge in [0, 0.05) is 39.3 Å². The van der Waals surface area contributed by atoms with E-state index in [1.165, 1.54) is 89.9 Å². The topological polar surface area (TPSA) is 36.0 Å². The Morgan fingerprint density at radius 1 is 0.688 bits per heavy atom. The van der Waals surface area contributed by atoms with Crippen molar-refractivity contribution >= 4 is 6.09 Å². The summed E-state index contributed by atoms with van der Waals surface area (Å²) in [4.78, 5) is 14.3. The Bertz CT molecular complexity index is 438. The highest BCUT2D eigenvalue weighted by atomic mass is 16.6. The summed E-state index contributed by atoms with van der Waals surface area (Å²) in [5, 5.41) is 5.11. The van der Waals surface area contributed by atoms with E-state index < -0.39 is 5.60 Å². The van der Waals surface area contributed by atoms with Crippen LogP contribution in [0.1, 0.15) is 125 Å². The van der Waals surface area contributed by atoms with Crippen LogP contribution in [0.3, 0.4) is 0 Å². The molecule has 0 radical (unpaired) electrons. The second-order valence-electron chi connectivity index (χ2n) is 10.6. The Hall–Kier alpha value is -0.810. The fourth-order valence-corrected chi connectivity index (χ4v) is 4.39. The van der Waals surface area contributed by atoms with Crippen molar-refractivity contribution in [3.05, 3.63) is 0 Å². The van der Waals surface area contributed by atoms with E-state index in [-0.39, 0.29) is 6.09 Å². The van der Waals surface area contributed by atoms with E-state index in [2.05, 4.69) is 23.9 Å². The molecule has 1 aliphatic heterocycles. The number of hydrogen-bond donors (Lipinski definition) is 0. The van der Waals surface area contributed by atoms with Crippen molar-refractivity contribution in [3.63, 3.8) is 0 Å². The average Bonchev–Trinajstić information content (AvgIpc) is 2.75. The molecule has 0 spiro atoms. The quantitative estimate of drug-likeness (QED) is 0.217. The molecule has 1 fully saturated rings. The van der Waals surface area contributed by atoms with E-state index in [1.807, 2.05) is 25.7 Å². The average molecular weight is 454 g/mol. The first-order valence-electron chi connectivity index (χ1n) is 13.8. The molecule has 5 heteroatoms. The molecule has 1 amide bonds.